The lowest BCUT2D eigenvalue weighted by atomic mass is 10.2. The predicted molar refractivity (Wildman–Crippen MR) is 74.0 cm³/mol. The number of rotatable bonds is 3. The molecule has 2 rings (SSSR count). The molecular weight excluding hydrogens is 302 g/mol. The molecule has 0 saturated carbocycles. The van der Waals surface area contributed by atoms with Crippen molar-refractivity contribution in [2.45, 2.75) is 4.90 Å². The van der Waals surface area contributed by atoms with Gasteiger partial charge in [0.2, 0.25) is 5.43 Å². The van der Waals surface area contributed by atoms with Crippen molar-refractivity contribution in [3.05, 3.63) is 57.5 Å². The smallest absolute Gasteiger partial charge is 0.267 e. The number of aromatic nitrogens is 1. The maximum Gasteiger partial charge on any atom is 0.267 e. The quantitative estimate of drug-likeness (QED) is 0.900. The first kappa shape index (κ1) is 14.1. The van der Waals surface area contributed by atoms with Gasteiger partial charge in [-0.2, -0.15) is 5.26 Å². The molecule has 0 atom stereocenters. The molecule has 0 amide bonds. The third kappa shape index (κ3) is 2.82. The number of benzene rings is 1. The summed E-state index contributed by atoms with van der Waals surface area (Å²) in [6.45, 7) is 0. The Morgan fingerprint density at radius 2 is 2.05 bits per heavy atom. The lowest BCUT2D eigenvalue weighted by Gasteiger charge is -2.08. The van der Waals surface area contributed by atoms with Gasteiger partial charge in [-0.3, -0.25) is 9.52 Å². The van der Waals surface area contributed by atoms with Crippen LogP contribution in [-0.2, 0) is 10.0 Å². The van der Waals surface area contributed by atoms with E-state index in [-0.39, 0.29) is 16.3 Å². The molecule has 0 aliphatic rings. The Morgan fingerprint density at radius 3 is 2.70 bits per heavy atom. The number of aromatic amines is 1. The highest BCUT2D eigenvalue weighted by Crippen LogP contribution is 2.21. The van der Waals surface area contributed by atoms with Crippen molar-refractivity contribution in [3.63, 3.8) is 0 Å². The van der Waals surface area contributed by atoms with Crippen LogP contribution in [-0.4, -0.2) is 13.4 Å². The first-order chi connectivity index (χ1) is 9.44. The molecule has 0 saturated heterocycles. The molecule has 102 valence electrons. The van der Waals surface area contributed by atoms with Gasteiger partial charge in [0.25, 0.3) is 10.0 Å². The molecule has 0 bridgehead atoms. The van der Waals surface area contributed by atoms with E-state index in [2.05, 4.69) is 9.71 Å². The van der Waals surface area contributed by atoms with E-state index in [9.17, 15) is 13.2 Å². The van der Waals surface area contributed by atoms with Crippen molar-refractivity contribution < 1.29 is 8.42 Å². The number of nitriles is 1. The Morgan fingerprint density at radius 1 is 1.30 bits per heavy atom. The molecule has 8 heteroatoms. The topological polar surface area (TPSA) is 103 Å². The van der Waals surface area contributed by atoms with Gasteiger partial charge in [-0.05, 0) is 18.2 Å². The van der Waals surface area contributed by atoms with E-state index < -0.39 is 20.3 Å². The number of pyridine rings is 1. The van der Waals surface area contributed by atoms with Crippen LogP contribution in [0, 0.1) is 11.3 Å². The first-order valence-corrected chi connectivity index (χ1v) is 7.20. The molecule has 6 nitrogen and oxygen atoms in total. The molecule has 2 N–H and O–H groups in total. The van der Waals surface area contributed by atoms with Crippen LogP contribution in [0.5, 0.6) is 0 Å². The lowest BCUT2D eigenvalue weighted by molar-refractivity contribution is 0.600. The van der Waals surface area contributed by atoms with Crippen molar-refractivity contribution in [2.75, 3.05) is 4.72 Å². The Balaban J connectivity index is 2.42. The summed E-state index contributed by atoms with van der Waals surface area (Å²) in [4.78, 5) is 13.6. The summed E-state index contributed by atoms with van der Waals surface area (Å²) in [5, 5.41) is 9.05. The Kier molecular flexibility index (Phi) is 3.79. The van der Waals surface area contributed by atoms with E-state index in [1.807, 2.05) is 6.07 Å². The molecule has 0 aliphatic heterocycles. The number of halogens is 1. The summed E-state index contributed by atoms with van der Waals surface area (Å²) in [5.74, 6) is 0. The second kappa shape index (κ2) is 5.36. The van der Waals surface area contributed by atoms with Crippen molar-refractivity contribution in [3.8, 4) is 6.07 Å². The minimum absolute atomic E-state index is 0.133. The highest BCUT2D eigenvalue weighted by atomic mass is 35.5. The number of nitrogens with one attached hydrogen (secondary N) is 2. The monoisotopic (exact) mass is 309 g/mol. The van der Waals surface area contributed by atoms with E-state index in [0.717, 1.165) is 12.3 Å². The Hall–Kier alpha value is -2.30. The molecule has 1 aromatic heterocycles. The van der Waals surface area contributed by atoms with Gasteiger partial charge in [-0.25, -0.2) is 8.42 Å². The van der Waals surface area contributed by atoms with Crippen molar-refractivity contribution >= 4 is 27.3 Å². The van der Waals surface area contributed by atoms with Gasteiger partial charge in [0.1, 0.15) is 6.07 Å². The molecule has 20 heavy (non-hydrogen) atoms. The Labute approximate surface area is 119 Å². The fourth-order valence-corrected chi connectivity index (χ4v) is 2.76. The third-order valence-corrected chi connectivity index (χ3v) is 4.15. The largest absolute Gasteiger partial charge is 0.366 e. The number of hydrogen-bond acceptors (Lipinski definition) is 4. The number of hydrogen-bond donors (Lipinski definition) is 2. The van der Waals surface area contributed by atoms with Gasteiger partial charge >= 0.3 is 0 Å². The molecule has 0 radical (unpaired) electrons. The molecule has 1 heterocycles. The van der Waals surface area contributed by atoms with E-state index >= 15 is 0 Å². The average Bonchev–Trinajstić information content (AvgIpc) is 2.41. The second-order valence-electron chi connectivity index (χ2n) is 3.78. The normalized spacial score (nSPS) is 10.8. The maximum absolute atomic E-state index is 12.1. The second-order valence-corrected chi connectivity index (χ2v) is 5.84. The Bertz CT molecular complexity index is 853. The summed E-state index contributed by atoms with van der Waals surface area (Å²) < 4.78 is 26.3. The van der Waals surface area contributed by atoms with Crippen LogP contribution in [0.25, 0.3) is 0 Å². The van der Waals surface area contributed by atoms with Crippen LogP contribution in [0.4, 0.5) is 5.69 Å². The zero-order chi connectivity index (χ0) is 14.8. The SMILES string of the molecule is N#Cc1cc(NS(=O)(=O)c2c[nH]ccc2=O)ccc1Cl. The van der Waals surface area contributed by atoms with Gasteiger partial charge in [-0.1, -0.05) is 11.6 Å². The molecular formula is C12H8ClN3O3S. The fraction of sp³-hybridized carbons (Fsp3) is 0. The van der Waals surface area contributed by atoms with Crippen LogP contribution in [0.2, 0.25) is 5.02 Å². The van der Waals surface area contributed by atoms with Gasteiger partial charge in [0.15, 0.2) is 4.90 Å². The van der Waals surface area contributed by atoms with E-state index in [1.165, 1.54) is 24.4 Å². The number of sulfonamides is 1. The van der Waals surface area contributed by atoms with Gasteiger partial charge in [-0.15, -0.1) is 0 Å². The van der Waals surface area contributed by atoms with Crippen LogP contribution in [0.3, 0.4) is 0 Å². The zero-order valence-corrected chi connectivity index (χ0v) is 11.5. The molecule has 0 unspecified atom stereocenters. The summed E-state index contributed by atoms with van der Waals surface area (Å²) >= 11 is 5.76. The number of H-pyrrole nitrogens is 1. The number of nitrogens with zero attached hydrogens (tertiary/aromatic N) is 1. The zero-order valence-electron chi connectivity index (χ0n) is 9.92. The fourth-order valence-electron chi connectivity index (χ4n) is 1.50. The van der Waals surface area contributed by atoms with Gasteiger partial charge in [0.05, 0.1) is 16.3 Å². The molecule has 1 aromatic carbocycles. The minimum Gasteiger partial charge on any atom is -0.366 e. The number of anilines is 1. The van der Waals surface area contributed by atoms with Gasteiger partial charge < -0.3 is 4.98 Å². The van der Waals surface area contributed by atoms with Crippen LogP contribution < -0.4 is 10.2 Å². The molecule has 2 aromatic rings. The average molecular weight is 310 g/mol. The van der Waals surface area contributed by atoms with Crippen LogP contribution >= 0.6 is 11.6 Å². The standard InChI is InChI=1S/C12H8ClN3O3S/c13-10-2-1-9(5-8(10)6-14)16-20(18,19)12-7-15-4-3-11(12)17/h1-5,7,16H,(H,15,17). The summed E-state index contributed by atoms with van der Waals surface area (Å²) in [6.07, 6.45) is 2.42. The van der Waals surface area contributed by atoms with E-state index in [1.54, 1.807) is 0 Å². The minimum atomic E-state index is -4.03. The van der Waals surface area contributed by atoms with Crippen molar-refractivity contribution in [1.82, 2.24) is 4.98 Å². The predicted octanol–water partition coefficient (Wildman–Crippen LogP) is 1.70. The molecule has 0 fully saturated rings. The molecule has 0 aliphatic carbocycles. The molecule has 0 spiro atoms. The first-order valence-electron chi connectivity index (χ1n) is 5.33. The maximum atomic E-state index is 12.1. The highest BCUT2D eigenvalue weighted by Gasteiger charge is 2.18. The summed E-state index contributed by atoms with van der Waals surface area (Å²) in [5.41, 5.74) is -0.353. The van der Waals surface area contributed by atoms with Crippen LogP contribution in [0.15, 0.2) is 46.3 Å². The van der Waals surface area contributed by atoms with Crippen molar-refractivity contribution in [2.24, 2.45) is 0 Å². The van der Waals surface area contributed by atoms with E-state index in [0.29, 0.717) is 0 Å². The van der Waals surface area contributed by atoms with Crippen LogP contribution in [0.1, 0.15) is 5.56 Å². The summed E-state index contributed by atoms with van der Waals surface area (Å²) in [7, 11) is -4.03. The van der Waals surface area contributed by atoms with Gasteiger partial charge in [0, 0.05) is 18.5 Å². The summed E-state index contributed by atoms with van der Waals surface area (Å²) in [6, 6.07) is 7.03. The van der Waals surface area contributed by atoms with E-state index in [4.69, 9.17) is 16.9 Å². The van der Waals surface area contributed by atoms with Crippen molar-refractivity contribution in [1.29, 1.82) is 5.26 Å². The lowest BCUT2D eigenvalue weighted by Crippen LogP contribution is -2.20. The highest BCUT2D eigenvalue weighted by molar-refractivity contribution is 7.92. The third-order valence-electron chi connectivity index (χ3n) is 2.42.